The standard InChI is InChI=1S/C13H12FNO2S/c1-10-8-12(5-6-13(10)14)18(16,17)9-11-4-2-3-7-15-11/h2-8H,9H2,1H3. The van der Waals surface area contributed by atoms with Crippen molar-refractivity contribution in [2.24, 2.45) is 0 Å². The Kier molecular flexibility index (Phi) is 3.43. The number of pyridine rings is 1. The summed E-state index contributed by atoms with van der Waals surface area (Å²) in [5, 5.41) is 0. The fourth-order valence-corrected chi connectivity index (χ4v) is 2.93. The van der Waals surface area contributed by atoms with Crippen LogP contribution in [0.2, 0.25) is 0 Å². The summed E-state index contributed by atoms with van der Waals surface area (Å²) in [4.78, 5) is 4.09. The maximum Gasteiger partial charge on any atom is 0.184 e. The first kappa shape index (κ1) is 12.7. The van der Waals surface area contributed by atoms with Gasteiger partial charge in [-0.1, -0.05) is 6.07 Å². The monoisotopic (exact) mass is 265 g/mol. The summed E-state index contributed by atoms with van der Waals surface area (Å²) in [5.41, 5.74) is 0.788. The normalized spacial score (nSPS) is 11.4. The van der Waals surface area contributed by atoms with Crippen molar-refractivity contribution >= 4 is 9.84 Å². The number of aryl methyl sites for hydroxylation is 1. The van der Waals surface area contributed by atoms with E-state index in [1.807, 2.05) is 0 Å². The largest absolute Gasteiger partial charge is 0.260 e. The highest BCUT2D eigenvalue weighted by Gasteiger charge is 2.16. The quantitative estimate of drug-likeness (QED) is 0.801. The first-order chi connectivity index (χ1) is 8.49. The lowest BCUT2D eigenvalue weighted by molar-refractivity contribution is 0.592. The highest BCUT2D eigenvalue weighted by Crippen LogP contribution is 2.18. The molecule has 0 N–H and O–H groups in total. The van der Waals surface area contributed by atoms with Crippen LogP contribution in [0.5, 0.6) is 0 Å². The molecule has 1 aromatic carbocycles. The lowest BCUT2D eigenvalue weighted by Crippen LogP contribution is -2.06. The van der Waals surface area contributed by atoms with Gasteiger partial charge in [-0.25, -0.2) is 12.8 Å². The summed E-state index contributed by atoms with van der Waals surface area (Å²) >= 11 is 0. The lowest BCUT2D eigenvalue weighted by Gasteiger charge is -2.05. The second kappa shape index (κ2) is 4.86. The molecule has 3 nitrogen and oxygen atoms in total. The Morgan fingerprint density at radius 3 is 2.61 bits per heavy atom. The molecular weight excluding hydrogens is 253 g/mol. The summed E-state index contributed by atoms with van der Waals surface area (Å²) < 4.78 is 37.3. The van der Waals surface area contributed by atoms with Crippen LogP contribution in [0.25, 0.3) is 0 Å². The number of rotatable bonds is 3. The average molecular weight is 265 g/mol. The highest BCUT2D eigenvalue weighted by molar-refractivity contribution is 7.90. The van der Waals surface area contributed by atoms with Crippen molar-refractivity contribution in [3.63, 3.8) is 0 Å². The van der Waals surface area contributed by atoms with E-state index >= 15 is 0 Å². The second-order valence-electron chi connectivity index (χ2n) is 3.99. The van der Waals surface area contributed by atoms with Crippen molar-refractivity contribution in [1.29, 1.82) is 0 Å². The van der Waals surface area contributed by atoms with E-state index in [9.17, 15) is 12.8 Å². The van der Waals surface area contributed by atoms with E-state index in [2.05, 4.69) is 4.98 Å². The molecule has 1 heterocycles. The maximum absolute atomic E-state index is 13.1. The molecule has 5 heteroatoms. The van der Waals surface area contributed by atoms with Gasteiger partial charge in [-0.2, -0.15) is 0 Å². The van der Waals surface area contributed by atoms with Crippen LogP contribution < -0.4 is 0 Å². The van der Waals surface area contributed by atoms with Crippen molar-refractivity contribution in [3.8, 4) is 0 Å². The van der Waals surface area contributed by atoms with Gasteiger partial charge < -0.3 is 0 Å². The van der Waals surface area contributed by atoms with Gasteiger partial charge in [0.15, 0.2) is 9.84 Å². The predicted molar refractivity (Wildman–Crippen MR) is 66.3 cm³/mol. The average Bonchev–Trinajstić information content (AvgIpc) is 2.33. The minimum Gasteiger partial charge on any atom is -0.260 e. The third-order valence-corrected chi connectivity index (χ3v) is 4.20. The predicted octanol–water partition coefficient (Wildman–Crippen LogP) is 2.50. The Labute approximate surface area is 105 Å². The molecule has 0 spiro atoms. The van der Waals surface area contributed by atoms with Crippen LogP contribution in [0.3, 0.4) is 0 Å². The molecule has 0 fully saturated rings. The summed E-state index contributed by atoms with van der Waals surface area (Å²) in [6, 6.07) is 8.88. The van der Waals surface area contributed by atoms with E-state index < -0.39 is 15.7 Å². The Morgan fingerprint density at radius 1 is 1.22 bits per heavy atom. The first-order valence-electron chi connectivity index (χ1n) is 5.38. The fourth-order valence-electron chi connectivity index (χ4n) is 1.57. The third kappa shape index (κ3) is 2.73. The molecule has 0 aliphatic heterocycles. The van der Waals surface area contributed by atoms with Gasteiger partial charge in [-0.3, -0.25) is 4.98 Å². The molecule has 94 valence electrons. The van der Waals surface area contributed by atoms with Crippen LogP contribution in [0.1, 0.15) is 11.3 Å². The molecule has 0 aliphatic rings. The summed E-state index contributed by atoms with van der Waals surface area (Å²) in [5.74, 6) is -0.592. The molecule has 0 aliphatic carbocycles. The number of halogens is 1. The van der Waals surface area contributed by atoms with Crippen LogP contribution in [0.4, 0.5) is 4.39 Å². The molecule has 2 aromatic rings. The van der Waals surface area contributed by atoms with Crippen LogP contribution in [0.15, 0.2) is 47.5 Å². The van der Waals surface area contributed by atoms with Crippen molar-refractivity contribution in [2.45, 2.75) is 17.6 Å². The van der Waals surface area contributed by atoms with Crippen molar-refractivity contribution in [3.05, 3.63) is 59.7 Å². The van der Waals surface area contributed by atoms with Crippen molar-refractivity contribution in [2.75, 3.05) is 0 Å². The van der Waals surface area contributed by atoms with E-state index in [-0.39, 0.29) is 10.6 Å². The van der Waals surface area contributed by atoms with E-state index in [0.29, 0.717) is 11.3 Å². The number of nitrogens with zero attached hydrogens (tertiary/aromatic N) is 1. The van der Waals surface area contributed by atoms with E-state index in [0.717, 1.165) is 0 Å². The molecular formula is C13H12FNO2S. The topological polar surface area (TPSA) is 47.0 Å². The Hall–Kier alpha value is -1.75. The number of hydrogen-bond donors (Lipinski definition) is 0. The molecule has 0 unspecified atom stereocenters. The van der Waals surface area contributed by atoms with Gasteiger partial charge in [0.05, 0.1) is 16.3 Å². The Morgan fingerprint density at radius 2 is 2.00 bits per heavy atom. The summed E-state index contributed by atoms with van der Waals surface area (Å²) in [7, 11) is -3.48. The van der Waals surface area contributed by atoms with E-state index in [1.54, 1.807) is 24.4 Å². The molecule has 0 atom stereocenters. The second-order valence-corrected chi connectivity index (χ2v) is 5.98. The van der Waals surface area contributed by atoms with Gasteiger partial charge in [0, 0.05) is 6.20 Å². The molecule has 0 radical (unpaired) electrons. The SMILES string of the molecule is Cc1cc(S(=O)(=O)Cc2ccccn2)ccc1F. The third-order valence-electron chi connectivity index (χ3n) is 2.55. The van der Waals surface area contributed by atoms with E-state index in [4.69, 9.17) is 0 Å². The van der Waals surface area contributed by atoms with Gasteiger partial charge in [0.1, 0.15) is 5.82 Å². The van der Waals surface area contributed by atoms with Gasteiger partial charge in [-0.05, 0) is 42.8 Å². The van der Waals surface area contributed by atoms with Gasteiger partial charge >= 0.3 is 0 Å². The minimum absolute atomic E-state index is 0.118. The van der Waals surface area contributed by atoms with Gasteiger partial charge in [0.2, 0.25) is 0 Å². The maximum atomic E-state index is 13.1. The number of aromatic nitrogens is 1. The van der Waals surface area contributed by atoms with Crippen LogP contribution in [-0.4, -0.2) is 13.4 Å². The number of hydrogen-bond acceptors (Lipinski definition) is 3. The molecule has 2 rings (SSSR count). The number of benzene rings is 1. The Bertz CT molecular complexity index is 654. The fraction of sp³-hybridized carbons (Fsp3) is 0.154. The van der Waals surface area contributed by atoms with Crippen LogP contribution in [0, 0.1) is 12.7 Å². The van der Waals surface area contributed by atoms with Crippen LogP contribution in [-0.2, 0) is 15.6 Å². The summed E-state index contributed by atoms with van der Waals surface area (Å²) in [6.07, 6.45) is 1.54. The zero-order chi connectivity index (χ0) is 13.2. The summed E-state index contributed by atoms with van der Waals surface area (Å²) in [6.45, 7) is 1.54. The molecule has 0 saturated carbocycles. The van der Waals surface area contributed by atoms with Gasteiger partial charge in [0.25, 0.3) is 0 Å². The molecule has 0 saturated heterocycles. The Balaban J connectivity index is 2.34. The minimum atomic E-state index is -3.48. The number of sulfone groups is 1. The van der Waals surface area contributed by atoms with E-state index in [1.165, 1.54) is 25.1 Å². The molecule has 1 aromatic heterocycles. The van der Waals surface area contributed by atoms with Crippen molar-refractivity contribution in [1.82, 2.24) is 4.98 Å². The molecule has 0 amide bonds. The highest BCUT2D eigenvalue weighted by atomic mass is 32.2. The zero-order valence-electron chi connectivity index (χ0n) is 9.80. The molecule has 18 heavy (non-hydrogen) atoms. The lowest BCUT2D eigenvalue weighted by atomic mass is 10.2. The molecule has 0 bridgehead atoms. The first-order valence-corrected chi connectivity index (χ1v) is 7.03. The zero-order valence-corrected chi connectivity index (χ0v) is 10.6. The van der Waals surface area contributed by atoms with Crippen LogP contribution >= 0.6 is 0 Å². The van der Waals surface area contributed by atoms with Gasteiger partial charge in [-0.15, -0.1) is 0 Å². The van der Waals surface area contributed by atoms with Crippen molar-refractivity contribution < 1.29 is 12.8 Å². The smallest absolute Gasteiger partial charge is 0.184 e.